The molecule has 0 bridgehead atoms. The number of rotatable bonds is 2. The van der Waals surface area contributed by atoms with Gasteiger partial charge in [-0.25, -0.2) is 9.97 Å². The molecule has 4 rings (SSSR count). The zero-order valence-electron chi connectivity index (χ0n) is 11.1. The van der Waals surface area contributed by atoms with Crippen molar-refractivity contribution in [3.63, 3.8) is 0 Å². The number of aromatic nitrogens is 3. The zero-order chi connectivity index (χ0) is 14.4. The van der Waals surface area contributed by atoms with Crippen molar-refractivity contribution in [1.82, 2.24) is 14.4 Å². The number of nitrogens with zero attached hydrogens (tertiary/aromatic N) is 3. The van der Waals surface area contributed by atoms with Crippen LogP contribution in [-0.2, 0) is 0 Å². The molecule has 0 spiro atoms. The summed E-state index contributed by atoms with van der Waals surface area (Å²) in [6.07, 6.45) is 2.05. The Balaban J connectivity index is 1.87. The van der Waals surface area contributed by atoms with E-state index >= 15 is 0 Å². The van der Waals surface area contributed by atoms with Gasteiger partial charge in [0.2, 0.25) is 0 Å². The molecule has 3 nitrogen and oxygen atoms in total. The first-order chi connectivity index (χ1) is 10.2. The molecule has 0 atom stereocenters. The van der Waals surface area contributed by atoms with E-state index in [-0.39, 0.29) is 0 Å². The van der Waals surface area contributed by atoms with Gasteiger partial charge in [-0.05, 0) is 13.0 Å². The third kappa shape index (κ3) is 2.14. The molecule has 3 aromatic heterocycles. The minimum absolute atomic E-state index is 0.993. The number of imidazole rings is 1. The van der Waals surface area contributed by atoms with Gasteiger partial charge in [-0.15, -0.1) is 22.7 Å². The van der Waals surface area contributed by atoms with E-state index in [2.05, 4.69) is 43.0 Å². The largest absolute Gasteiger partial charge is 0.288 e. The third-order valence-corrected chi connectivity index (χ3v) is 5.59. The van der Waals surface area contributed by atoms with Crippen molar-refractivity contribution in [2.24, 2.45) is 0 Å². The average Bonchev–Trinajstić information content (AvgIpc) is 3.15. The summed E-state index contributed by atoms with van der Waals surface area (Å²) in [5.41, 5.74) is 4.22. The molecule has 0 saturated carbocycles. The van der Waals surface area contributed by atoms with Gasteiger partial charge in [0, 0.05) is 27.0 Å². The first kappa shape index (κ1) is 13.2. The lowest BCUT2D eigenvalue weighted by Gasteiger charge is -1.99. The topological polar surface area (TPSA) is 30.2 Å². The Morgan fingerprint density at radius 3 is 2.86 bits per heavy atom. The van der Waals surface area contributed by atoms with Crippen molar-refractivity contribution in [1.29, 1.82) is 0 Å². The summed E-state index contributed by atoms with van der Waals surface area (Å²) in [5.74, 6) is 0. The zero-order valence-corrected chi connectivity index (χ0v) is 14.3. The number of hydrogen-bond donors (Lipinski definition) is 0. The van der Waals surface area contributed by atoms with Crippen LogP contribution in [0.15, 0.2) is 45.7 Å². The van der Waals surface area contributed by atoms with Crippen LogP contribution in [0.25, 0.3) is 26.9 Å². The molecule has 1 aromatic carbocycles. The monoisotopic (exact) mass is 375 g/mol. The van der Waals surface area contributed by atoms with E-state index in [4.69, 9.17) is 4.98 Å². The number of hydrogen-bond acceptors (Lipinski definition) is 4. The number of thiazole rings is 2. The summed E-state index contributed by atoms with van der Waals surface area (Å²) >= 11 is 6.89. The van der Waals surface area contributed by atoms with Gasteiger partial charge in [-0.1, -0.05) is 34.1 Å². The minimum Gasteiger partial charge on any atom is -0.288 e. The molecular weight excluding hydrogens is 366 g/mol. The molecular formula is C15H10BrN3S2. The van der Waals surface area contributed by atoms with Crippen LogP contribution in [0.5, 0.6) is 0 Å². The second-order valence-corrected chi connectivity index (χ2v) is 7.20. The molecule has 0 fully saturated rings. The van der Waals surface area contributed by atoms with Crippen molar-refractivity contribution in [3.8, 4) is 22.0 Å². The summed E-state index contributed by atoms with van der Waals surface area (Å²) in [5, 5.41) is 5.15. The Kier molecular flexibility index (Phi) is 3.17. The third-order valence-electron chi connectivity index (χ3n) is 3.29. The fourth-order valence-corrected chi connectivity index (χ4v) is 4.49. The highest BCUT2D eigenvalue weighted by Gasteiger charge is 2.16. The normalized spacial score (nSPS) is 11.3. The van der Waals surface area contributed by atoms with Gasteiger partial charge < -0.3 is 0 Å². The Labute approximate surface area is 138 Å². The maximum atomic E-state index is 4.81. The second-order valence-electron chi connectivity index (χ2n) is 4.62. The van der Waals surface area contributed by atoms with E-state index in [0.29, 0.717) is 0 Å². The second kappa shape index (κ2) is 5.05. The molecule has 6 heteroatoms. The van der Waals surface area contributed by atoms with Crippen molar-refractivity contribution in [2.45, 2.75) is 6.92 Å². The van der Waals surface area contributed by atoms with E-state index < -0.39 is 0 Å². The molecule has 0 unspecified atom stereocenters. The number of halogens is 1. The van der Waals surface area contributed by atoms with E-state index in [9.17, 15) is 0 Å². The van der Waals surface area contributed by atoms with Crippen LogP contribution < -0.4 is 0 Å². The van der Waals surface area contributed by atoms with Crippen molar-refractivity contribution in [2.75, 3.05) is 0 Å². The fraction of sp³-hybridized carbons (Fsp3) is 0.0667. The SMILES string of the molecule is Cc1nc2sccn2c1-c1nc(-c2ccccc2Br)cs1. The van der Waals surface area contributed by atoms with Gasteiger partial charge in [0.15, 0.2) is 4.96 Å². The number of aryl methyl sites for hydroxylation is 1. The standard InChI is InChI=1S/C15H10BrN3S2/c1-9-13(19-6-7-20-15(19)17-9)14-18-12(8-21-14)10-4-2-3-5-11(10)16/h2-8H,1H3. The van der Waals surface area contributed by atoms with E-state index in [1.54, 1.807) is 22.7 Å². The van der Waals surface area contributed by atoms with Crippen LogP contribution in [0.3, 0.4) is 0 Å². The Bertz CT molecular complexity index is 935. The quantitative estimate of drug-likeness (QED) is 0.478. The highest BCUT2D eigenvalue weighted by atomic mass is 79.9. The highest BCUT2D eigenvalue weighted by Crippen LogP contribution is 2.34. The molecule has 0 aliphatic rings. The van der Waals surface area contributed by atoms with Crippen molar-refractivity contribution >= 4 is 43.6 Å². The summed E-state index contributed by atoms with van der Waals surface area (Å²) in [7, 11) is 0. The van der Waals surface area contributed by atoms with Crippen LogP contribution in [-0.4, -0.2) is 14.4 Å². The first-order valence-corrected chi connectivity index (χ1v) is 8.92. The van der Waals surface area contributed by atoms with Gasteiger partial charge in [0.1, 0.15) is 10.7 Å². The van der Waals surface area contributed by atoms with Gasteiger partial charge in [-0.3, -0.25) is 4.40 Å². The number of benzene rings is 1. The Morgan fingerprint density at radius 2 is 2.00 bits per heavy atom. The Morgan fingerprint density at radius 1 is 1.14 bits per heavy atom. The van der Waals surface area contributed by atoms with E-state index in [1.807, 2.05) is 30.5 Å². The summed E-state index contributed by atoms with van der Waals surface area (Å²) in [4.78, 5) is 10.4. The summed E-state index contributed by atoms with van der Waals surface area (Å²) in [6, 6.07) is 8.15. The predicted molar refractivity (Wildman–Crippen MR) is 92.1 cm³/mol. The van der Waals surface area contributed by atoms with Gasteiger partial charge in [-0.2, -0.15) is 0 Å². The molecule has 3 heterocycles. The molecule has 0 amide bonds. The Hall–Kier alpha value is -1.50. The van der Waals surface area contributed by atoms with Gasteiger partial charge >= 0.3 is 0 Å². The van der Waals surface area contributed by atoms with Crippen LogP contribution in [0.1, 0.15) is 5.69 Å². The first-order valence-electron chi connectivity index (χ1n) is 6.37. The minimum atomic E-state index is 0.993. The summed E-state index contributed by atoms with van der Waals surface area (Å²) in [6.45, 7) is 2.04. The fourth-order valence-electron chi connectivity index (χ4n) is 2.33. The molecule has 0 radical (unpaired) electrons. The van der Waals surface area contributed by atoms with Crippen molar-refractivity contribution in [3.05, 3.63) is 51.4 Å². The molecule has 4 aromatic rings. The molecule has 0 aliphatic heterocycles. The maximum Gasteiger partial charge on any atom is 0.194 e. The number of fused-ring (bicyclic) bond motifs is 1. The highest BCUT2D eigenvalue weighted by molar-refractivity contribution is 9.10. The smallest absolute Gasteiger partial charge is 0.194 e. The summed E-state index contributed by atoms with van der Waals surface area (Å²) < 4.78 is 3.18. The lowest BCUT2D eigenvalue weighted by molar-refractivity contribution is 1.21. The van der Waals surface area contributed by atoms with Crippen LogP contribution >= 0.6 is 38.6 Å². The van der Waals surface area contributed by atoms with Gasteiger partial charge in [0.05, 0.1) is 11.4 Å². The van der Waals surface area contributed by atoms with Crippen LogP contribution in [0, 0.1) is 6.92 Å². The maximum absolute atomic E-state index is 4.81. The lowest BCUT2D eigenvalue weighted by atomic mass is 10.2. The van der Waals surface area contributed by atoms with Crippen molar-refractivity contribution < 1.29 is 0 Å². The molecule has 0 saturated heterocycles. The van der Waals surface area contributed by atoms with E-state index in [1.165, 1.54) is 0 Å². The molecule has 21 heavy (non-hydrogen) atoms. The molecule has 0 N–H and O–H groups in total. The van der Waals surface area contributed by atoms with E-state index in [0.717, 1.165) is 37.1 Å². The van der Waals surface area contributed by atoms with Gasteiger partial charge in [0.25, 0.3) is 0 Å². The lowest BCUT2D eigenvalue weighted by Crippen LogP contribution is -1.86. The van der Waals surface area contributed by atoms with Crippen LogP contribution in [0.4, 0.5) is 0 Å². The predicted octanol–water partition coefficient (Wildman–Crippen LogP) is 5.26. The van der Waals surface area contributed by atoms with Crippen LogP contribution in [0.2, 0.25) is 0 Å². The average molecular weight is 376 g/mol. The molecule has 0 aliphatic carbocycles. The molecule has 104 valence electrons.